The van der Waals surface area contributed by atoms with Crippen LogP contribution < -0.4 is 0 Å². The quantitative estimate of drug-likeness (QED) is 0.151. The SMILES string of the molecule is c1ccc2cc3c(cc2c1)c1nccc2ccc4c5ccccc5c5ccccc5c5ccccc5n3c4c21. The molecule has 0 N–H and O–H groups in total. The molecule has 9 rings (SSSR count). The van der Waals surface area contributed by atoms with E-state index < -0.39 is 0 Å². The molecule has 0 radical (unpaired) electrons. The van der Waals surface area contributed by atoms with Gasteiger partial charge in [-0.1, -0.05) is 103 Å². The molecule has 3 aromatic heterocycles. The second-order valence-electron chi connectivity index (χ2n) is 10.4. The van der Waals surface area contributed by atoms with Crippen molar-refractivity contribution in [2.45, 2.75) is 0 Å². The summed E-state index contributed by atoms with van der Waals surface area (Å²) in [7, 11) is 0. The van der Waals surface area contributed by atoms with Gasteiger partial charge in [0.25, 0.3) is 0 Å². The number of benzene rings is 6. The van der Waals surface area contributed by atoms with Crippen LogP contribution in [-0.2, 0) is 0 Å². The predicted molar refractivity (Wildman–Crippen MR) is 167 cm³/mol. The van der Waals surface area contributed by atoms with E-state index in [1.165, 1.54) is 70.3 Å². The van der Waals surface area contributed by atoms with Gasteiger partial charge in [0, 0.05) is 27.7 Å². The van der Waals surface area contributed by atoms with Crippen LogP contribution in [0.5, 0.6) is 0 Å². The zero-order valence-corrected chi connectivity index (χ0v) is 21.1. The van der Waals surface area contributed by atoms with Crippen LogP contribution in [0.2, 0.25) is 0 Å². The molecule has 2 nitrogen and oxygen atoms in total. The summed E-state index contributed by atoms with van der Waals surface area (Å²) in [4.78, 5) is 5.02. The molecule has 3 heterocycles. The molecule has 0 spiro atoms. The van der Waals surface area contributed by atoms with Gasteiger partial charge in [0.15, 0.2) is 0 Å². The van der Waals surface area contributed by atoms with Crippen LogP contribution in [-0.4, -0.2) is 9.38 Å². The van der Waals surface area contributed by atoms with Crippen molar-refractivity contribution in [3.05, 3.63) is 134 Å². The van der Waals surface area contributed by atoms with Crippen molar-refractivity contribution in [2.24, 2.45) is 0 Å². The van der Waals surface area contributed by atoms with Crippen LogP contribution in [0.3, 0.4) is 0 Å². The lowest BCUT2D eigenvalue weighted by Gasteiger charge is -2.17. The van der Waals surface area contributed by atoms with Gasteiger partial charge in [-0.15, -0.1) is 0 Å². The molecule has 0 unspecified atom stereocenters. The third-order valence-corrected chi connectivity index (χ3v) is 8.36. The average Bonchev–Trinajstić information content (AvgIpc) is 3.04. The Morgan fingerprint density at radius 3 is 1.74 bits per heavy atom. The highest BCUT2D eigenvalue weighted by Gasteiger charge is 2.17. The largest absolute Gasteiger partial charge is 0.308 e. The zero-order chi connectivity index (χ0) is 25.5. The van der Waals surface area contributed by atoms with Crippen molar-refractivity contribution in [1.82, 2.24) is 9.38 Å². The van der Waals surface area contributed by atoms with Gasteiger partial charge < -0.3 is 4.40 Å². The Balaban J connectivity index is 1.79. The maximum atomic E-state index is 5.02. The van der Waals surface area contributed by atoms with Gasteiger partial charge >= 0.3 is 0 Å². The Hall–Kier alpha value is -5.21. The van der Waals surface area contributed by atoms with E-state index in [-0.39, 0.29) is 0 Å². The molecule has 9 aromatic rings. The Kier molecular flexibility index (Phi) is 4.08. The van der Waals surface area contributed by atoms with E-state index in [2.05, 4.69) is 132 Å². The van der Waals surface area contributed by atoms with E-state index in [0.29, 0.717) is 0 Å². The average molecular weight is 495 g/mol. The molecule has 0 aliphatic rings. The van der Waals surface area contributed by atoms with Crippen LogP contribution in [0.15, 0.2) is 134 Å². The van der Waals surface area contributed by atoms with Crippen molar-refractivity contribution < 1.29 is 0 Å². The van der Waals surface area contributed by atoms with E-state index in [9.17, 15) is 0 Å². The molecule has 0 atom stereocenters. The molecule has 180 valence electrons. The first-order valence-corrected chi connectivity index (χ1v) is 13.4. The van der Waals surface area contributed by atoms with E-state index in [1.807, 2.05) is 6.20 Å². The third-order valence-electron chi connectivity index (χ3n) is 8.36. The molecule has 0 fully saturated rings. The fourth-order valence-electron chi connectivity index (χ4n) is 6.68. The van der Waals surface area contributed by atoms with Gasteiger partial charge in [-0.2, -0.15) is 0 Å². The molecular formula is C37H22N2. The number of fused-ring (bicyclic) bond motifs is 11. The van der Waals surface area contributed by atoms with Crippen LogP contribution in [0.25, 0.3) is 81.3 Å². The molecule has 0 bridgehead atoms. The molecule has 0 saturated heterocycles. The predicted octanol–water partition coefficient (Wildman–Crippen LogP) is 9.97. The smallest absolute Gasteiger partial charge is 0.0822 e. The first-order valence-electron chi connectivity index (χ1n) is 13.4. The number of aromatic nitrogens is 2. The Morgan fingerprint density at radius 1 is 0.410 bits per heavy atom. The van der Waals surface area contributed by atoms with Gasteiger partial charge in [-0.25, -0.2) is 0 Å². The van der Waals surface area contributed by atoms with E-state index in [4.69, 9.17) is 4.98 Å². The summed E-state index contributed by atoms with van der Waals surface area (Å²) in [6.45, 7) is 0. The van der Waals surface area contributed by atoms with Crippen LogP contribution in [0.4, 0.5) is 0 Å². The topological polar surface area (TPSA) is 17.3 Å². The van der Waals surface area contributed by atoms with E-state index in [0.717, 1.165) is 11.0 Å². The van der Waals surface area contributed by atoms with Gasteiger partial charge in [0.05, 0.1) is 22.1 Å². The highest BCUT2D eigenvalue weighted by molar-refractivity contribution is 6.28. The second-order valence-corrected chi connectivity index (χ2v) is 10.4. The molecule has 0 saturated carbocycles. The number of para-hydroxylation sites is 1. The van der Waals surface area contributed by atoms with Crippen molar-refractivity contribution in [3.8, 4) is 0 Å². The minimum absolute atomic E-state index is 1.05. The molecule has 0 aliphatic carbocycles. The summed E-state index contributed by atoms with van der Waals surface area (Å²) in [5, 5.41) is 13.4. The van der Waals surface area contributed by atoms with Gasteiger partial charge in [0.2, 0.25) is 0 Å². The number of hydrogen-bond acceptors (Lipinski definition) is 1. The first-order chi connectivity index (χ1) is 19.4. The van der Waals surface area contributed by atoms with E-state index in [1.54, 1.807) is 0 Å². The van der Waals surface area contributed by atoms with E-state index >= 15 is 0 Å². The number of hydrogen-bond donors (Lipinski definition) is 0. The third kappa shape index (κ3) is 2.78. The van der Waals surface area contributed by atoms with Gasteiger partial charge in [0.1, 0.15) is 0 Å². The van der Waals surface area contributed by atoms with Crippen LogP contribution >= 0.6 is 0 Å². The van der Waals surface area contributed by atoms with Crippen molar-refractivity contribution in [2.75, 3.05) is 0 Å². The molecule has 0 amide bonds. The lowest BCUT2D eigenvalue weighted by atomic mass is 9.97. The second kappa shape index (κ2) is 7.66. The molecule has 39 heavy (non-hydrogen) atoms. The summed E-state index contributed by atoms with van der Waals surface area (Å²) < 4.78 is 2.50. The zero-order valence-electron chi connectivity index (χ0n) is 21.1. The monoisotopic (exact) mass is 494 g/mol. The summed E-state index contributed by atoms with van der Waals surface area (Å²) in [5.74, 6) is 0. The molecule has 0 aliphatic heterocycles. The van der Waals surface area contributed by atoms with Crippen LogP contribution in [0.1, 0.15) is 0 Å². The molecular weight excluding hydrogens is 472 g/mol. The minimum atomic E-state index is 1.05. The lowest BCUT2D eigenvalue weighted by Crippen LogP contribution is -1.97. The lowest BCUT2D eigenvalue weighted by molar-refractivity contribution is 1.33. The first kappa shape index (κ1) is 20.8. The number of pyridine rings is 2. The summed E-state index contributed by atoms with van der Waals surface area (Å²) in [6.07, 6.45) is 1.95. The normalized spacial score (nSPS) is 12.1. The Bertz CT molecular complexity index is 2500. The summed E-state index contributed by atoms with van der Waals surface area (Å²) in [5.41, 5.74) is 4.59. The summed E-state index contributed by atoms with van der Waals surface area (Å²) in [6, 6.07) is 46.5. The maximum absolute atomic E-state index is 5.02. The maximum Gasteiger partial charge on any atom is 0.0822 e. The Labute approximate surface area is 224 Å². The van der Waals surface area contributed by atoms with Crippen molar-refractivity contribution in [3.63, 3.8) is 0 Å². The number of nitrogens with zero attached hydrogens (tertiary/aromatic N) is 2. The van der Waals surface area contributed by atoms with Crippen LogP contribution in [0, 0.1) is 0 Å². The fourth-order valence-corrected chi connectivity index (χ4v) is 6.68. The summed E-state index contributed by atoms with van der Waals surface area (Å²) >= 11 is 0. The Morgan fingerprint density at radius 2 is 1.00 bits per heavy atom. The highest BCUT2D eigenvalue weighted by Crippen LogP contribution is 2.40. The molecule has 2 heteroatoms. The fraction of sp³-hybridized carbons (Fsp3) is 0. The van der Waals surface area contributed by atoms with Gasteiger partial charge in [-0.3, -0.25) is 4.98 Å². The highest BCUT2D eigenvalue weighted by atomic mass is 14.9. The molecule has 6 aromatic carbocycles. The number of rotatable bonds is 0. The van der Waals surface area contributed by atoms with Crippen molar-refractivity contribution >= 4 is 81.3 Å². The van der Waals surface area contributed by atoms with Gasteiger partial charge in [-0.05, 0) is 62.0 Å². The minimum Gasteiger partial charge on any atom is -0.308 e. The van der Waals surface area contributed by atoms with Crippen molar-refractivity contribution in [1.29, 1.82) is 0 Å². The standard InChI is InChI=1S/C37H22N2/c1-2-10-25-22-34-32(21-24(25)9-1)36-35-23(19-20-38-36)17-18-31-29-14-6-4-12-27(29)26-11-3-5-13-28(26)30-15-7-8-16-33(30)39(34)37(31)35/h1-22H.